The van der Waals surface area contributed by atoms with E-state index >= 15 is 0 Å². The number of furan rings is 1. The van der Waals surface area contributed by atoms with Gasteiger partial charge in [-0.2, -0.15) is 0 Å². The summed E-state index contributed by atoms with van der Waals surface area (Å²) in [6.07, 6.45) is 1.65. The van der Waals surface area contributed by atoms with Crippen molar-refractivity contribution in [3.63, 3.8) is 0 Å². The number of rotatable bonds is 5. The number of hydrogen-bond acceptors (Lipinski definition) is 6. The second-order valence-electron chi connectivity index (χ2n) is 8.18. The number of halogens is 3. The number of ether oxygens (including phenoxy) is 1. The third-order valence-corrected chi connectivity index (χ3v) is 7.60. The van der Waals surface area contributed by atoms with Crippen molar-refractivity contribution in [2.45, 2.75) is 19.9 Å². The zero-order valence-corrected chi connectivity index (χ0v) is 22.7. The molecule has 10 heteroatoms. The molecule has 188 valence electrons. The van der Waals surface area contributed by atoms with Gasteiger partial charge in [-0.15, -0.1) is 0 Å². The fourth-order valence-electron chi connectivity index (χ4n) is 4.14. The van der Waals surface area contributed by atoms with Gasteiger partial charge in [0.15, 0.2) is 4.80 Å². The lowest BCUT2D eigenvalue weighted by Gasteiger charge is -2.24. The summed E-state index contributed by atoms with van der Waals surface area (Å²) in [5.41, 5.74) is 1.84. The zero-order valence-electron chi connectivity index (χ0n) is 19.6. The van der Waals surface area contributed by atoms with Crippen LogP contribution in [0.25, 0.3) is 17.4 Å². The van der Waals surface area contributed by atoms with E-state index < -0.39 is 12.0 Å². The van der Waals surface area contributed by atoms with Crippen LogP contribution in [-0.2, 0) is 9.53 Å². The van der Waals surface area contributed by atoms with E-state index in [2.05, 4.69) is 4.99 Å². The Kier molecular flexibility index (Phi) is 7.14. The van der Waals surface area contributed by atoms with Gasteiger partial charge in [0.25, 0.3) is 5.56 Å². The number of hydrogen-bond donors (Lipinski definition) is 0. The highest BCUT2D eigenvalue weighted by Crippen LogP contribution is 2.33. The van der Waals surface area contributed by atoms with Crippen molar-refractivity contribution in [3.8, 4) is 11.3 Å². The maximum atomic E-state index is 13.7. The van der Waals surface area contributed by atoms with Gasteiger partial charge >= 0.3 is 5.97 Å². The summed E-state index contributed by atoms with van der Waals surface area (Å²) in [7, 11) is 0. The molecule has 1 aliphatic heterocycles. The fraction of sp³-hybridized carbons (Fsp3) is 0.148. The van der Waals surface area contributed by atoms with Crippen LogP contribution >= 0.6 is 46.1 Å². The molecule has 37 heavy (non-hydrogen) atoms. The van der Waals surface area contributed by atoms with Crippen LogP contribution in [0.15, 0.2) is 80.1 Å². The highest BCUT2D eigenvalue weighted by atomic mass is 35.5. The molecule has 0 saturated carbocycles. The topological polar surface area (TPSA) is 73.8 Å². The Hall–Kier alpha value is -3.10. The molecule has 1 atom stereocenters. The summed E-state index contributed by atoms with van der Waals surface area (Å²) in [6, 6.07) is 14.9. The molecular formula is C27H19Cl3N2O4S. The molecule has 0 amide bonds. The number of carbonyl (C=O) groups is 1. The molecule has 0 bridgehead atoms. The predicted octanol–water partition coefficient (Wildman–Crippen LogP) is 6.02. The van der Waals surface area contributed by atoms with E-state index in [9.17, 15) is 9.59 Å². The molecule has 0 N–H and O–H groups in total. The van der Waals surface area contributed by atoms with Crippen LogP contribution in [0.4, 0.5) is 0 Å². The Labute approximate surface area is 230 Å². The lowest BCUT2D eigenvalue weighted by molar-refractivity contribution is -0.139. The fourth-order valence-corrected chi connectivity index (χ4v) is 5.68. The van der Waals surface area contributed by atoms with Crippen molar-refractivity contribution < 1.29 is 13.9 Å². The Bertz CT molecular complexity index is 1730. The zero-order chi connectivity index (χ0) is 26.3. The minimum Gasteiger partial charge on any atom is -0.463 e. The normalized spacial score (nSPS) is 15.5. The van der Waals surface area contributed by atoms with Crippen LogP contribution in [0.3, 0.4) is 0 Å². The van der Waals surface area contributed by atoms with Gasteiger partial charge in [0.2, 0.25) is 0 Å². The standard InChI is InChI=1S/C27H19Cl3N2O4S/c1-3-35-26(34)23-14(2)31-27-32(24(23)15-4-6-16(28)7-5-15)25(33)22(37-27)13-18-9-11-21(36-18)19-12-17(29)8-10-20(19)30/h4-13,24H,3H2,1-2H3/b22-13+. The van der Waals surface area contributed by atoms with E-state index in [4.69, 9.17) is 44.0 Å². The van der Waals surface area contributed by atoms with Crippen LogP contribution in [0.1, 0.15) is 31.2 Å². The quantitative estimate of drug-likeness (QED) is 0.274. The molecule has 2 aromatic heterocycles. The summed E-state index contributed by atoms with van der Waals surface area (Å²) in [5.74, 6) is 0.457. The van der Waals surface area contributed by atoms with Gasteiger partial charge in [0, 0.05) is 21.7 Å². The summed E-state index contributed by atoms with van der Waals surface area (Å²) >= 11 is 19.7. The van der Waals surface area contributed by atoms with Gasteiger partial charge in [-0.05, 0) is 61.9 Å². The largest absolute Gasteiger partial charge is 0.463 e. The maximum absolute atomic E-state index is 13.7. The molecule has 3 heterocycles. The smallest absolute Gasteiger partial charge is 0.338 e. The maximum Gasteiger partial charge on any atom is 0.338 e. The van der Waals surface area contributed by atoms with Crippen molar-refractivity contribution >= 4 is 58.2 Å². The van der Waals surface area contributed by atoms with Gasteiger partial charge in [-0.1, -0.05) is 58.3 Å². The predicted molar refractivity (Wildman–Crippen MR) is 146 cm³/mol. The second kappa shape index (κ2) is 10.3. The number of aromatic nitrogens is 1. The minimum atomic E-state index is -0.716. The minimum absolute atomic E-state index is 0.199. The SMILES string of the molecule is CCOC(=O)C1=C(C)N=c2s/c(=C/c3ccc(-c4cc(Cl)ccc4Cl)o3)c(=O)n2C1c1ccc(Cl)cc1. The molecule has 0 aliphatic carbocycles. The Morgan fingerprint density at radius 1 is 1.11 bits per heavy atom. The van der Waals surface area contributed by atoms with Crippen molar-refractivity contribution in [3.05, 3.63) is 112 Å². The number of carbonyl (C=O) groups excluding carboxylic acids is 1. The summed E-state index contributed by atoms with van der Waals surface area (Å²) < 4.78 is 13.2. The van der Waals surface area contributed by atoms with Crippen molar-refractivity contribution in [1.82, 2.24) is 4.57 Å². The number of thiazole rings is 1. The summed E-state index contributed by atoms with van der Waals surface area (Å²) in [6.45, 7) is 3.67. The van der Waals surface area contributed by atoms with Crippen LogP contribution in [-0.4, -0.2) is 17.1 Å². The van der Waals surface area contributed by atoms with Gasteiger partial charge < -0.3 is 9.15 Å². The van der Waals surface area contributed by atoms with E-state index in [1.807, 2.05) is 0 Å². The van der Waals surface area contributed by atoms with Crippen LogP contribution in [0.2, 0.25) is 15.1 Å². The molecule has 1 aliphatic rings. The first kappa shape index (κ1) is 25.5. The van der Waals surface area contributed by atoms with Gasteiger partial charge in [-0.3, -0.25) is 9.36 Å². The summed E-state index contributed by atoms with van der Waals surface area (Å²) in [5, 5.41) is 1.57. The second-order valence-corrected chi connectivity index (χ2v) is 10.5. The molecule has 4 aromatic rings. The summed E-state index contributed by atoms with van der Waals surface area (Å²) in [4.78, 5) is 31.7. The molecule has 0 saturated heterocycles. The van der Waals surface area contributed by atoms with Crippen molar-refractivity contribution in [2.24, 2.45) is 4.99 Å². The third-order valence-electron chi connectivity index (χ3n) is 5.80. The lowest BCUT2D eigenvalue weighted by Crippen LogP contribution is -2.39. The molecule has 2 aromatic carbocycles. The third kappa shape index (κ3) is 4.92. The number of benzene rings is 2. The number of fused-ring (bicyclic) bond motifs is 1. The average molecular weight is 574 g/mol. The highest BCUT2D eigenvalue weighted by molar-refractivity contribution is 7.07. The number of nitrogens with zero attached hydrogens (tertiary/aromatic N) is 2. The Morgan fingerprint density at radius 3 is 2.57 bits per heavy atom. The molecule has 5 rings (SSSR count). The molecule has 6 nitrogen and oxygen atoms in total. The Morgan fingerprint density at radius 2 is 1.84 bits per heavy atom. The van der Waals surface area contributed by atoms with Crippen molar-refractivity contribution in [2.75, 3.05) is 6.61 Å². The monoisotopic (exact) mass is 572 g/mol. The molecule has 0 fully saturated rings. The van der Waals surface area contributed by atoms with Crippen LogP contribution in [0, 0.1) is 0 Å². The average Bonchev–Trinajstić information content (AvgIpc) is 3.45. The molecule has 1 unspecified atom stereocenters. The van der Waals surface area contributed by atoms with E-state index in [-0.39, 0.29) is 12.2 Å². The van der Waals surface area contributed by atoms with E-state index in [1.165, 1.54) is 15.9 Å². The van der Waals surface area contributed by atoms with Crippen LogP contribution < -0.4 is 14.9 Å². The lowest BCUT2D eigenvalue weighted by atomic mass is 9.96. The first-order chi connectivity index (χ1) is 17.8. The number of allylic oxidation sites excluding steroid dienone is 1. The van der Waals surface area contributed by atoms with Crippen LogP contribution in [0.5, 0.6) is 0 Å². The van der Waals surface area contributed by atoms with Gasteiger partial charge in [-0.25, -0.2) is 9.79 Å². The molecule has 0 spiro atoms. The number of esters is 1. The molecule has 0 radical (unpaired) electrons. The first-order valence-corrected chi connectivity index (χ1v) is 13.2. The Balaban J connectivity index is 1.64. The van der Waals surface area contributed by atoms with E-state index in [0.29, 0.717) is 58.3 Å². The van der Waals surface area contributed by atoms with Gasteiger partial charge in [0.1, 0.15) is 11.5 Å². The first-order valence-electron chi connectivity index (χ1n) is 11.3. The van der Waals surface area contributed by atoms with Gasteiger partial charge in [0.05, 0.1) is 33.5 Å². The highest BCUT2D eigenvalue weighted by Gasteiger charge is 2.33. The van der Waals surface area contributed by atoms with E-state index in [0.717, 1.165) is 0 Å². The van der Waals surface area contributed by atoms with E-state index in [1.54, 1.807) is 74.5 Å². The van der Waals surface area contributed by atoms with Crippen molar-refractivity contribution in [1.29, 1.82) is 0 Å². The molecular weight excluding hydrogens is 555 g/mol.